The molecule has 4 fully saturated rings. The van der Waals surface area contributed by atoms with Crippen LogP contribution in [0.4, 0.5) is 0 Å². The van der Waals surface area contributed by atoms with Crippen molar-refractivity contribution in [1.29, 1.82) is 0 Å². The second-order valence-corrected chi connectivity index (χ2v) is 14.5. The van der Waals surface area contributed by atoms with Gasteiger partial charge in [0.15, 0.2) is 5.78 Å². The molecule has 4 nitrogen and oxygen atoms in total. The maximum absolute atomic E-state index is 14.3. The minimum absolute atomic E-state index is 0.0163. The summed E-state index contributed by atoms with van der Waals surface area (Å²) < 4.78 is 26.2. The highest BCUT2D eigenvalue weighted by Gasteiger charge is 2.70. The molecule has 0 aromatic heterocycles. The van der Waals surface area contributed by atoms with Gasteiger partial charge in [-0.25, -0.2) is 0 Å². The van der Waals surface area contributed by atoms with Gasteiger partial charge in [0.2, 0.25) is 0 Å². The van der Waals surface area contributed by atoms with Crippen LogP contribution in [0.5, 0.6) is 0 Å². The fraction of sp³-hybridized carbons (Fsp3) is 0.867. The van der Waals surface area contributed by atoms with E-state index in [2.05, 4.69) is 20.8 Å². The molecular weight excluding hydrogens is 424 g/mol. The molecule has 0 spiro atoms. The smallest absolute Gasteiger partial charge is 0.309 e. The highest BCUT2D eigenvalue weighted by molar-refractivity contribution is 5.95. The Morgan fingerprint density at radius 1 is 1.03 bits per heavy atom. The number of rotatable bonds is 1. The standard InChI is InChI=1S/C30H46O4/c1-25(2)21-8-11-30(7)23(28(21,5)10-9-22(25)32)20(31)16-18-19-17-27(4,24(33)34)13-12-26(19,3)14-15-29(18,30)6/h16,19,21-23,32H,8-15,17H2,1-7H3,(H,33,34)/t19-,21-,22+,23+,26+,27-,28-,29+,30+/m0/s1/i9D2,22D. The van der Waals surface area contributed by atoms with Crippen molar-refractivity contribution in [2.24, 2.45) is 50.2 Å². The average molecular weight is 474 g/mol. The summed E-state index contributed by atoms with van der Waals surface area (Å²) in [5.74, 6) is -1.24. The first kappa shape index (κ1) is 21.0. The number of fused-ring (bicyclic) bond motifs is 7. The van der Waals surface area contributed by atoms with Crippen LogP contribution in [0.2, 0.25) is 0 Å². The number of allylic oxidation sites excluding steroid dienone is 2. The number of carbonyl (C=O) groups excluding carboxylic acids is 1. The maximum Gasteiger partial charge on any atom is 0.309 e. The summed E-state index contributed by atoms with van der Waals surface area (Å²) in [5.41, 5.74) is -2.08. The second kappa shape index (κ2) is 6.99. The summed E-state index contributed by atoms with van der Waals surface area (Å²) in [5, 5.41) is 21.2. The van der Waals surface area contributed by atoms with E-state index in [9.17, 15) is 19.8 Å². The average Bonchev–Trinajstić information content (AvgIpc) is 2.74. The number of hydrogen-bond acceptors (Lipinski definition) is 3. The van der Waals surface area contributed by atoms with Crippen LogP contribution in [0.25, 0.3) is 0 Å². The van der Waals surface area contributed by atoms with E-state index in [1.807, 2.05) is 19.9 Å². The lowest BCUT2D eigenvalue weighted by molar-refractivity contribution is -0.202. The van der Waals surface area contributed by atoms with Gasteiger partial charge in [0.25, 0.3) is 0 Å². The van der Waals surface area contributed by atoms with Crippen molar-refractivity contribution in [3.05, 3.63) is 11.6 Å². The topological polar surface area (TPSA) is 74.6 Å². The molecule has 190 valence electrons. The van der Waals surface area contributed by atoms with Crippen LogP contribution in [0.15, 0.2) is 11.6 Å². The number of carbonyl (C=O) groups is 2. The van der Waals surface area contributed by atoms with Crippen molar-refractivity contribution >= 4 is 11.8 Å². The molecule has 9 atom stereocenters. The number of carboxylic acids is 1. The number of aliphatic carboxylic acids is 1. The van der Waals surface area contributed by atoms with Gasteiger partial charge in [-0.1, -0.05) is 47.1 Å². The molecule has 34 heavy (non-hydrogen) atoms. The van der Waals surface area contributed by atoms with Crippen molar-refractivity contribution in [2.75, 3.05) is 0 Å². The van der Waals surface area contributed by atoms with Gasteiger partial charge in [-0.3, -0.25) is 9.59 Å². The number of aliphatic hydroxyl groups is 1. The Bertz CT molecular complexity index is 1100. The van der Waals surface area contributed by atoms with E-state index in [0.29, 0.717) is 12.8 Å². The minimum atomic E-state index is -2.24. The van der Waals surface area contributed by atoms with Gasteiger partial charge in [-0.05, 0) is 110 Å². The molecule has 0 unspecified atom stereocenters. The van der Waals surface area contributed by atoms with Gasteiger partial charge in [0, 0.05) is 8.66 Å². The molecule has 0 saturated heterocycles. The second-order valence-electron chi connectivity index (χ2n) is 14.5. The summed E-state index contributed by atoms with van der Waals surface area (Å²) in [6.07, 6.45) is 2.96. The van der Waals surface area contributed by atoms with Crippen LogP contribution in [0.1, 0.15) is 110 Å². The summed E-state index contributed by atoms with van der Waals surface area (Å²) in [6, 6.07) is 0. The molecule has 0 aromatic rings. The molecule has 4 heteroatoms. The molecule has 5 aliphatic rings. The van der Waals surface area contributed by atoms with Gasteiger partial charge < -0.3 is 10.2 Å². The third-order valence-corrected chi connectivity index (χ3v) is 12.5. The molecule has 5 aliphatic carbocycles. The monoisotopic (exact) mass is 473 g/mol. The quantitative estimate of drug-likeness (QED) is 0.461. The molecule has 0 aliphatic heterocycles. The van der Waals surface area contributed by atoms with Crippen molar-refractivity contribution < 1.29 is 23.9 Å². The van der Waals surface area contributed by atoms with Crippen LogP contribution in [-0.4, -0.2) is 28.0 Å². The van der Waals surface area contributed by atoms with Crippen LogP contribution >= 0.6 is 0 Å². The number of carboxylic acid groups (broad SMARTS) is 1. The Balaban J connectivity index is 1.65. The normalized spacial score (nSPS) is 59.1. The van der Waals surface area contributed by atoms with Crippen molar-refractivity contribution in [1.82, 2.24) is 0 Å². The third kappa shape index (κ3) is 2.81. The predicted octanol–water partition coefficient (Wildman–Crippen LogP) is 6.41. The van der Waals surface area contributed by atoms with Crippen LogP contribution in [0.3, 0.4) is 0 Å². The van der Waals surface area contributed by atoms with Gasteiger partial charge in [-0.2, -0.15) is 0 Å². The summed E-state index contributed by atoms with van der Waals surface area (Å²) >= 11 is 0. The first-order valence-corrected chi connectivity index (χ1v) is 13.3. The summed E-state index contributed by atoms with van der Waals surface area (Å²) in [7, 11) is 0. The summed E-state index contributed by atoms with van der Waals surface area (Å²) in [4.78, 5) is 26.6. The Hall–Kier alpha value is -1.16. The molecule has 0 bridgehead atoms. The Kier molecular flexibility index (Phi) is 4.31. The molecule has 2 N–H and O–H groups in total. The third-order valence-electron chi connectivity index (χ3n) is 12.5. The molecule has 0 amide bonds. The first-order chi connectivity index (χ1) is 16.6. The van der Waals surface area contributed by atoms with E-state index in [1.54, 1.807) is 13.8 Å². The van der Waals surface area contributed by atoms with E-state index in [0.717, 1.165) is 37.7 Å². The van der Waals surface area contributed by atoms with Crippen molar-refractivity contribution in [2.45, 2.75) is 112 Å². The SMILES string of the molecule is [2H]C1([2H])C[C@]2(C)[C@H]3C(=O)C=C4[C@@H]5C[C@@](C)(C(=O)O)CC[C@]5(C)CC[C@@]4(C)[C@]3(C)CC[C@H]2C(C)(C)[C@]1([2H])O. The molecule has 4 saturated carbocycles. The fourth-order valence-electron chi connectivity index (χ4n) is 9.85. The van der Waals surface area contributed by atoms with E-state index in [-0.39, 0.29) is 34.9 Å². The van der Waals surface area contributed by atoms with Crippen molar-refractivity contribution in [3.63, 3.8) is 0 Å². The van der Waals surface area contributed by atoms with Gasteiger partial charge in [-0.15, -0.1) is 0 Å². The number of ketones is 1. The molecular formula is C30H46O4. The van der Waals surface area contributed by atoms with Crippen molar-refractivity contribution in [3.8, 4) is 0 Å². The van der Waals surface area contributed by atoms with Gasteiger partial charge in [0.1, 0.15) is 0 Å². The zero-order valence-electron chi connectivity index (χ0n) is 25.2. The zero-order chi connectivity index (χ0) is 27.8. The van der Waals surface area contributed by atoms with Crippen LogP contribution in [0, 0.1) is 50.2 Å². The Morgan fingerprint density at radius 3 is 2.32 bits per heavy atom. The lowest BCUT2D eigenvalue weighted by atomic mass is 9.33. The highest BCUT2D eigenvalue weighted by Crippen LogP contribution is 2.75. The minimum Gasteiger partial charge on any atom is -0.481 e. The Morgan fingerprint density at radius 2 is 1.68 bits per heavy atom. The predicted molar refractivity (Wildman–Crippen MR) is 133 cm³/mol. The van der Waals surface area contributed by atoms with E-state index < -0.39 is 46.0 Å². The zero-order valence-corrected chi connectivity index (χ0v) is 22.2. The molecule has 0 heterocycles. The lowest BCUT2D eigenvalue weighted by Crippen LogP contribution is -2.66. The maximum atomic E-state index is 14.3. The Labute approximate surface area is 210 Å². The van der Waals surface area contributed by atoms with Gasteiger partial charge >= 0.3 is 5.97 Å². The van der Waals surface area contributed by atoms with E-state index >= 15 is 0 Å². The number of hydrogen-bond donors (Lipinski definition) is 2. The van der Waals surface area contributed by atoms with Crippen LogP contribution < -0.4 is 0 Å². The molecule has 0 radical (unpaired) electrons. The highest BCUT2D eigenvalue weighted by atomic mass is 16.4. The summed E-state index contributed by atoms with van der Waals surface area (Å²) in [6.45, 7) is 14.3. The largest absolute Gasteiger partial charge is 0.481 e. The van der Waals surface area contributed by atoms with Crippen LogP contribution in [-0.2, 0) is 9.59 Å². The van der Waals surface area contributed by atoms with Gasteiger partial charge in [0.05, 0.1) is 12.9 Å². The fourth-order valence-corrected chi connectivity index (χ4v) is 9.85. The first-order valence-electron chi connectivity index (χ1n) is 14.8. The van der Waals surface area contributed by atoms with E-state index in [1.165, 1.54) is 0 Å². The molecule has 0 aromatic carbocycles. The van der Waals surface area contributed by atoms with E-state index in [4.69, 9.17) is 4.11 Å². The molecule has 5 rings (SSSR count). The lowest BCUT2D eigenvalue weighted by Gasteiger charge is -2.70.